The highest BCUT2D eigenvalue weighted by atomic mass is 32.2. The number of nitrogens with zero attached hydrogens (tertiary/aromatic N) is 2. The summed E-state index contributed by atoms with van der Waals surface area (Å²) in [5, 5.41) is 1.88. The summed E-state index contributed by atoms with van der Waals surface area (Å²) in [5.74, 6) is -0.631. The summed E-state index contributed by atoms with van der Waals surface area (Å²) in [6, 6.07) is 7.50. The van der Waals surface area contributed by atoms with Crippen LogP contribution in [0.5, 0.6) is 0 Å². The number of nitrogens with one attached hydrogen (secondary N) is 1. The zero-order chi connectivity index (χ0) is 21.1. The Bertz CT molecular complexity index is 946. The van der Waals surface area contributed by atoms with Crippen molar-refractivity contribution in [2.75, 3.05) is 19.4 Å². The molecule has 1 unspecified atom stereocenters. The number of rotatable bonds is 6. The molecule has 0 aliphatic carbocycles. The molecular formula is C17H18F3N3O3S2. The average Bonchev–Trinajstić information content (AvgIpc) is 2.61. The Kier molecular flexibility index (Phi) is 6.73. The van der Waals surface area contributed by atoms with Gasteiger partial charge in [-0.25, -0.2) is 17.7 Å². The van der Waals surface area contributed by atoms with Crippen LogP contribution in [0.4, 0.5) is 18.9 Å². The molecule has 6 nitrogen and oxygen atoms in total. The van der Waals surface area contributed by atoms with Crippen LogP contribution in [0.25, 0.3) is 0 Å². The first-order valence-corrected chi connectivity index (χ1v) is 10.3. The topological polar surface area (TPSA) is 79.4 Å². The Morgan fingerprint density at radius 2 is 1.82 bits per heavy atom. The molecule has 0 aliphatic heterocycles. The predicted molar refractivity (Wildman–Crippen MR) is 101 cm³/mol. The Hall–Kier alpha value is -2.11. The van der Waals surface area contributed by atoms with Crippen LogP contribution in [0.3, 0.4) is 0 Å². The van der Waals surface area contributed by atoms with Crippen LogP contribution in [0.15, 0.2) is 52.5 Å². The van der Waals surface area contributed by atoms with E-state index in [1.54, 1.807) is 0 Å². The van der Waals surface area contributed by atoms with Crippen molar-refractivity contribution in [3.8, 4) is 0 Å². The zero-order valence-electron chi connectivity index (χ0n) is 15.2. The number of pyridine rings is 1. The van der Waals surface area contributed by atoms with E-state index in [1.807, 2.05) is 0 Å². The van der Waals surface area contributed by atoms with Crippen LogP contribution in [0.2, 0.25) is 0 Å². The molecular weight excluding hydrogens is 415 g/mol. The number of thioether (sulfide) groups is 1. The Labute approximate surface area is 165 Å². The first-order valence-electron chi connectivity index (χ1n) is 7.95. The second kappa shape index (κ2) is 8.50. The summed E-state index contributed by atoms with van der Waals surface area (Å²) < 4.78 is 64.1. The standard InChI is InChI=1S/C17H18F3N3O3S2/c1-11(16(24)22-14-7-5-4-6-13(14)17(18,19)20)27-15-9-8-12(10-21-15)28(25,26)23(2)3/h4-11H,1-3H3,(H,22,24). The largest absolute Gasteiger partial charge is 0.418 e. The van der Waals surface area contributed by atoms with Crippen molar-refractivity contribution >= 4 is 33.4 Å². The molecule has 1 aromatic heterocycles. The van der Waals surface area contributed by atoms with Crippen molar-refractivity contribution in [1.29, 1.82) is 0 Å². The Morgan fingerprint density at radius 1 is 1.18 bits per heavy atom. The van der Waals surface area contributed by atoms with Gasteiger partial charge in [0.05, 0.1) is 21.5 Å². The van der Waals surface area contributed by atoms with Gasteiger partial charge in [-0.1, -0.05) is 23.9 Å². The number of carbonyl (C=O) groups is 1. The number of aromatic nitrogens is 1. The van der Waals surface area contributed by atoms with Crippen molar-refractivity contribution in [3.05, 3.63) is 48.2 Å². The summed E-state index contributed by atoms with van der Waals surface area (Å²) in [5.41, 5.74) is -1.26. The molecule has 1 amide bonds. The molecule has 152 valence electrons. The molecule has 0 saturated heterocycles. The summed E-state index contributed by atoms with van der Waals surface area (Å²) in [4.78, 5) is 16.3. The monoisotopic (exact) mass is 433 g/mol. The average molecular weight is 433 g/mol. The maximum atomic E-state index is 13.0. The van der Waals surface area contributed by atoms with Crippen molar-refractivity contribution < 1.29 is 26.4 Å². The number of carbonyl (C=O) groups excluding carboxylic acids is 1. The maximum absolute atomic E-state index is 13.0. The van der Waals surface area contributed by atoms with Crippen LogP contribution in [0.1, 0.15) is 12.5 Å². The van der Waals surface area contributed by atoms with Gasteiger partial charge in [-0.2, -0.15) is 13.2 Å². The van der Waals surface area contributed by atoms with Gasteiger partial charge in [-0.3, -0.25) is 4.79 Å². The van der Waals surface area contributed by atoms with Gasteiger partial charge in [0.15, 0.2) is 0 Å². The molecule has 1 atom stereocenters. The number of para-hydroxylation sites is 1. The number of anilines is 1. The highest BCUT2D eigenvalue weighted by Crippen LogP contribution is 2.35. The number of benzene rings is 1. The fraction of sp³-hybridized carbons (Fsp3) is 0.294. The summed E-state index contributed by atoms with van der Waals surface area (Å²) in [7, 11) is -0.838. The van der Waals surface area contributed by atoms with Gasteiger partial charge >= 0.3 is 6.18 Å². The van der Waals surface area contributed by atoms with E-state index >= 15 is 0 Å². The lowest BCUT2D eigenvalue weighted by Gasteiger charge is -2.16. The molecule has 0 radical (unpaired) electrons. The highest BCUT2D eigenvalue weighted by molar-refractivity contribution is 8.00. The molecule has 1 heterocycles. The Balaban J connectivity index is 2.10. The lowest BCUT2D eigenvalue weighted by molar-refractivity contribution is -0.137. The molecule has 0 saturated carbocycles. The number of sulfonamides is 1. The SMILES string of the molecule is CC(Sc1ccc(S(=O)(=O)N(C)C)cn1)C(=O)Nc1ccccc1C(F)(F)F. The van der Waals surface area contributed by atoms with E-state index in [1.165, 1.54) is 57.5 Å². The first-order chi connectivity index (χ1) is 12.9. The van der Waals surface area contributed by atoms with Gasteiger partial charge in [0.25, 0.3) is 0 Å². The van der Waals surface area contributed by atoms with Crippen LogP contribution < -0.4 is 5.32 Å². The third kappa shape index (κ3) is 5.24. The molecule has 11 heteroatoms. The number of hydrogen-bond acceptors (Lipinski definition) is 5. The molecule has 0 aliphatic rings. The van der Waals surface area contributed by atoms with E-state index in [0.717, 1.165) is 22.1 Å². The van der Waals surface area contributed by atoms with E-state index in [4.69, 9.17) is 0 Å². The van der Waals surface area contributed by atoms with Gasteiger partial charge in [-0.05, 0) is 31.2 Å². The summed E-state index contributed by atoms with van der Waals surface area (Å²) in [6.07, 6.45) is -3.42. The van der Waals surface area contributed by atoms with Crippen LogP contribution in [-0.2, 0) is 21.0 Å². The molecule has 0 spiro atoms. The quantitative estimate of drug-likeness (QED) is 0.706. The van der Waals surface area contributed by atoms with Crippen LogP contribution in [0, 0.1) is 0 Å². The molecule has 1 aromatic carbocycles. The number of halogens is 3. The van der Waals surface area contributed by atoms with E-state index in [9.17, 15) is 26.4 Å². The van der Waals surface area contributed by atoms with Gasteiger partial charge in [0, 0.05) is 20.3 Å². The van der Waals surface area contributed by atoms with Crippen molar-refractivity contribution in [2.45, 2.75) is 28.3 Å². The van der Waals surface area contributed by atoms with Gasteiger partial charge in [0.2, 0.25) is 15.9 Å². The highest BCUT2D eigenvalue weighted by Gasteiger charge is 2.34. The van der Waals surface area contributed by atoms with Gasteiger partial charge in [-0.15, -0.1) is 0 Å². The smallest absolute Gasteiger partial charge is 0.325 e. The predicted octanol–water partition coefficient (Wildman–Crippen LogP) is 3.47. The Morgan fingerprint density at radius 3 is 2.36 bits per heavy atom. The maximum Gasteiger partial charge on any atom is 0.418 e. The van der Waals surface area contributed by atoms with Crippen molar-refractivity contribution in [2.24, 2.45) is 0 Å². The van der Waals surface area contributed by atoms with Gasteiger partial charge < -0.3 is 5.32 Å². The lowest BCUT2D eigenvalue weighted by Crippen LogP contribution is -2.24. The second-order valence-electron chi connectivity index (χ2n) is 5.91. The summed E-state index contributed by atoms with van der Waals surface area (Å²) >= 11 is 0.999. The number of amides is 1. The van der Waals surface area contributed by atoms with E-state index in [-0.39, 0.29) is 10.6 Å². The fourth-order valence-corrected chi connectivity index (χ4v) is 3.74. The number of hydrogen-bond donors (Lipinski definition) is 1. The molecule has 0 bridgehead atoms. The molecule has 0 fully saturated rings. The zero-order valence-corrected chi connectivity index (χ0v) is 16.8. The van der Waals surface area contributed by atoms with Gasteiger partial charge in [0.1, 0.15) is 4.90 Å². The second-order valence-corrected chi connectivity index (χ2v) is 9.43. The molecule has 28 heavy (non-hydrogen) atoms. The fourth-order valence-electron chi connectivity index (χ4n) is 2.11. The van der Waals surface area contributed by atoms with E-state index in [0.29, 0.717) is 5.03 Å². The number of alkyl halides is 3. The molecule has 2 rings (SSSR count). The lowest BCUT2D eigenvalue weighted by atomic mass is 10.1. The molecule has 1 N–H and O–H groups in total. The normalized spacial score (nSPS) is 13.4. The molecule has 2 aromatic rings. The third-order valence-electron chi connectivity index (χ3n) is 3.64. The minimum Gasteiger partial charge on any atom is -0.325 e. The minimum atomic E-state index is -4.59. The van der Waals surface area contributed by atoms with Crippen molar-refractivity contribution in [1.82, 2.24) is 9.29 Å². The first kappa shape index (κ1) is 22.2. The van der Waals surface area contributed by atoms with E-state index < -0.39 is 32.9 Å². The third-order valence-corrected chi connectivity index (χ3v) is 6.49. The minimum absolute atomic E-state index is 0.00180. The van der Waals surface area contributed by atoms with Crippen LogP contribution >= 0.6 is 11.8 Å². The van der Waals surface area contributed by atoms with Crippen molar-refractivity contribution in [3.63, 3.8) is 0 Å². The van der Waals surface area contributed by atoms with E-state index in [2.05, 4.69) is 10.3 Å². The van der Waals surface area contributed by atoms with Crippen LogP contribution in [-0.4, -0.2) is 43.0 Å². The summed E-state index contributed by atoms with van der Waals surface area (Å²) in [6.45, 7) is 1.52.